The summed E-state index contributed by atoms with van der Waals surface area (Å²) in [5.74, 6) is 1.24. The number of carbonyl (C=O) groups is 2. The van der Waals surface area contributed by atoms with Crippen molar-refractivity contribution in [3.05, 3.63) is 47.3 Å². The van der Waals surface area contributed by atoms with E-state index in [-0.39, 0.29) is 12.5 Å². The summed E-state index contributed by atoms with van der Waals surface area (Å²) in [5, 5.41) is 0. The molecule has 0 spiro atoms. The molecule has 2 heterocycles. The number of methoxy groups -OCH3 is 1. The number of ether oxygens (including phenoxy) is 3. The lowest BCUT2D eigenvalue weighted by atomic mass is 10.2. The number of thioether (sulfide) groups is 1. The van der Waals surface area contributed by atoms with Crippen LogP contribution >= 0.6 is 23.1 Å². The van der Waals surface area contributed by atoms with Crippen LogP contribution in [0.25, 0.3) is 10.2 Å². The maximum absolute atomic E-state index is 12.5. The number of nitrogens with zero attached hydrogens (tertiary/aromatic N) is 2. The minimum Gasteiger partial charge on any atom is -0.486 e. The van der Waals surface area contributed by atoms with Crippen LogP contribution in [-0.4, -0.2) is 42.5 Å². The number of hydrogen-bond donors (Lipinski definition) is 0. The predicted octanol–water partition coefficient (Wildman–Crippen LogP) is 3.26. The van der Waals surface area contributed by atoms with Crippen molar-refractivity contribution >= 4 is 45.2 Å². The summed E-state index contributed by atoms with van der Waals surface area (Å²) in [6, 6.07) is 13.6. The van der Waals surface area contributed by atoms with Crippen molar-refractivity contribution in [3.8, 4) is 11.5 Å². The van der Waals surface area contributed by atoms with E-state index in [0.29, 0.717) is 41.7 Å². The molecule has 1 aliphatic heterocycles. The van der Waals surface area contributed by atoms with E-state index in [1.807, 2.05) is 42.5 Å². The second-order valence-corrected chi connectivity index (χ2v) is 8.60. The van der Waals surface area contributed by atoms with Gasteiger partial charge in [0.2, 0.25) is 5.91 Å². The highest BCUT2D eigenvalue weighted by molar-refractivity contribution is 7.99. The zero-order chi connectivity index (χ0) is 20.9. The van der Waals surface area contributed by atoms with Gasteiger partial charge < -0.3 is 18.8 Å². The Morgan fingerprint density at radius 2 is 1.90 bits per heavy atom. The summed E-state index contributed by atoms with van der Waals surface area (Å²) in [6.45, 7) is 0.913. The number of hydrogen-bond acceptors (Lipinski definition) is 7. The van der Waals surface area contributed by atoms with Crippen molar-refractivity contribution < 1.29 is 23.8 Å². The van der Waals surface area contributed by atoms with Gasteiger partial charge in [-0.15, -0.1) is 11.8 Å². The molecule has 0 bridgehead atoms. The quantitative estimate of drug-likeness (QED) is 0.429. The number of amides is 1. The Morgan fingerprint density at radius 1 is 1.17 bits per heavy atom. The Bertz CT molecular complexity index is 1140. The largest absolute Gasteiger partial charge is 0.486 e. The highest BCUT2D eigenvalue weighted by atomic mass is 32.2. The molecular weight excluding hydrogens is 424 g/mol. The van der Waals surface area contributed by atoms with Gasteiger partial charge in [0.1, 0.15) is 19.8 Å². The lowest BCUT2D eigenvalue weighted by Gasteiger charge is -2.18. The van der Waals surface area contributed by atoms with Crippen molar-refractivity contribution in [3.63, 3.8) is 0 Å². The molecule has 0 unspecified atom stereocenters. The maximum Gasteiger partial charge on any atom is 0.325 e. The van der Waals surface area contributed by atoms with Crippen LogP contribution in [0.4, 0.5) is 0 Å². The first-order valence-corrected chi connectivity index (χ1v) is 11.2. The van der Waals surface area contributed by atoms with E-state index in [1.54, 1.807) is 16.3 Å². The molecule has 9 heteroatoms. The number of fused-ring (bicyclic) bond motifs is 2. The zero-order valence-electron chi connectivity index (χ0n) is 16.3. The highest BCUT2D eigenvalue weighted by Gasteiger charge is 2.18. The molecule has 1 amide bonds. The molecule has 0 N–H and O–H groups in total. The Hall–Kier alpha value is -2.78. The lowest BCUT2D eigenvalue weighted by molar-refractivity contribution is -0.141. The molecule has 0 fully saturated rings. The minimum absolute atomic E-state index is 0.0407. The normalized spacial score (nSPS) is 13.4. The molecular formula is C21H20N2O5S2. The van der Waals surface area contributed by atoms with Gasteiger partial charge in [0, 0.05) is 29.2 Å². The van der Waals surface area contributed by atoms with Crippen LogP contribution in [0, 0.1) is 0 Å². The fourth-order valence-electron chi connectivity index (χ4n) is 2.97. The number of carbonyl (C=O) groups excluding carboxylic acids is 2. The van der Waals surface area contributed by atoms with E-state index in [1.165, 1.54) is 18.4 Å². The smallest absolute Gasteiger partial charge is 0.325 e. The van der Waals surface area contributed by atoms with Gasteiger partial charge in [-0.1, -0.05) is 29.5 Å². The monoisotopic (exact) mass is 444 g/mol. The average molecular weight is 445 g/mol. The number of thiazole rings is 1. The first-order valence-electron chi connectivity index (χ1n) is 9.39. The Labute approximate surface area is 181 Å². The van der Waals surface area contributed by atoms with E-state index in [4.69, 9.17) is 14.2 Å². The van der Waals surface area contributed by atoms with E-state index in [2.05, 4.69) is 4.99 Å². The number of benzene rings is 2. The predicted molar refractivity (Wildman–Crippen MR) is 115 cm³/mol. The Balaban J connectivity index is 1.61. The fraction of sp³-hybridized carbons (Fsp3) is 0.286. The van der Waals surface area contributed by atoms with Crippen LogP contribution in [0.1, 0.15) is 6.42 Å². The molecule has 3 aromatic rings. The van der Waals surface area contributed by atoms with Gasteiger partial charge >= 0.3 is 5.97 Å². The van der Waals surface area contributed by atoms with Crippen LogP contribution in [0.5, 0.6) is 11.5 Å². The van der Waals surface area contributed by atoms with Gasteiger partial charge in [0.15, 0.2) is 16.3 Å². The molecule has 7 nitrogen and oxygen atoms in total. The molecule has 2 aromatic carbocycles. The number of esters is 1. The highest BCUT2D eigenvalue weighted by Crippen LogP contribution is 2.35. The van der Waals surface area contributed by atoms with Gasteiger partial charge in [-0.25, -0.2) is 0 Å². The molecule has 4 rings (SSSR count). The van der Waals surface area contributed by atoms with Crippen LogP contribution in [0.3, 0.4) is 0 Å². The van der Waals surface area contributed by atoms with E-state index in [0.717, 1.165) is 15.1 Å². The van der Waals surface area contributed by atoms with Crippen LogP contribution in [0.2, 0.25) is 0 Å². The first-order chi connectivity index (χ1) is 14.6. The van der Waals surface area contributed by atoms with E-state index < -0.39 is 5.97 Å². The Kier molecular flexibility index (Phi) is 6.39. The third-order valence-electron chi connectivity index (χ3n) is 4.41. The molecule has 1 aliphatic rings. The van der Waals surface area contributed by atoms with Crippen molar-refractivity contribution in [1.29, 1.82) is 0 Å². The van der Waals surface area contributed by atoms with Gasteiger partial charge in [-0.2, -0.15) is 4.99 Å². The van der Waals surface area contributed by atoms with Gasteiger partial charge in [-0.3, -0.25) is 9.59 Å². The van der Waals surface area contributed by atoms with Gasteiger partial charge in [0.25, 0.3) is 0 Å². The molecule has 0 aliphatic carbocycles. The summed E-state index contributed by atoms with van der Waals surface area (Å²) >= 11 is 2.94. The maximum atomic E-state index is 12.5. The van der Waals surface area contributed by atoms with Crippen LogP contribution < -0.4 is 14.3 Å². The molecule has 156 valence electrons. The summed E-state index contributed by atoms with van der Waals surface area (Å²) < 4.78 is 18.7. The van der Waals surface area contributed by atoms with Crippen molar-refractivity contribution in [1.82, 2.24) is 4.57 Å². The summed E-state index contributed by atoms with van der Waals surface area (Å²) in [5.41, 5.74) is 0.750. The zero-order valence-corrected chi connectivity index (χ0v) is 18.0. The van der Waals surface area contributed by atoms with Gasteiger partial charge in [-0.05, 0) is 12.1 Å². The lowest BCUT2D eigenvalue weighted by Crippen LogP contribution is -2.22. The molecule has 0 saturated carbocycles. The number of rotatable bonds is 6. The topological polar surface area (TPSA) is 79.1 Å². The third-order valence-corrected chi connectivity index (χ3v) is 6.46. The van der Waals surface area contributed by atoms with Crippen LogP contribution in [-0.2, 0) is 20.9 Å². The first kappa shape index (κ1) is 20.5. The molecule has 0 saturated heterocycles. The SMILES string of the molecule is COC(=O)Cn1c(=NC(=O)CCSc2ccccc2)sc2cc3c(cc21)OCCO3. The summed E-state index contributed by atoms with van der Waals surface area (Å²) in [7, 11) is 1.33. The molecule has 1 aromatic heterocycles. The van der Waals surface area contributed by atoms with Gasteiger partial charge in [0.05, 0.1) is 17.3 Å². The van der Waals surface area contributed by atoms with Crippen molar-refractivity contribution in [2.45, 2.75) is 17.9 Å². The van der Waals surface area contributed by atoms with Crippen molar-refractivity contribution in [2.24, 2.45) is 4.99 Å². The van der Waals surface area contributed by atoms with E-state index in [9.17, 15) is 9.59 Å². The standard InChI is InChI=1S/C21H20N2O5S2/c1-26-20(25)13-23-15-11-16-17(28-9-8-27-16)12-18(15)30-21(23)22-19(24)7-10-29-14-5-3-2-4-6-14/h2-6,11-12H,7-10,13H2,1H3. The molecule has 0 atom stereocenters. The fourth-order valence-corrected chi connectivity index (χ4v) is 4.89. The summed E-state index contributed by atoms with van der Waals surface area (Å²) in [6.07, 6.45) is 0.300. The van der Waals surface area contributed by atoms with Crippen molar-refractivity contribution in [2.75, 3.05) is 26.1 Å². The Morgan fingerprint density at radius 3 is 2.63 bits per heavy atom. The third kappa shape index (κ3) is 4.68. The second kappa shape index (κ2) is 9.36. The second-order valence-electron chi connectivity index (χ2n) is 6.43. The minimum atomic E-state index is -0.418. The molecule has 0 radical (unpaired) electrons. The summed E-state index contributed by atoms with van der Waals surface area (Å²) in [4.78, 5) is 30.3. The number of aromatic nitrogens is 1. The van der Waals surface area contributed by atoms with E-state index >= 15 is 0 Å². The van der Waals surface area contributed by atoms with Crippen LogP contribution in [0.15, 0.2) is 52.4 Å². The molecule has 30 heavy (non-hydrogen) atoms. The average Bonchev–Trinajstić information content (AvgIpc) is 3.08.